The maximum Gasteiger partial charge on any atom is 0.407 e. The van der Waals surface area contributed by atoms with Crippen LogP contribution in [0.3, 0.4) is 0 Å². The molecule has 0 radical (unpaired) electrons. The maximum atomic E-state index is 13.1. The second-order valence-electron chi connectivity index (χ2n) is 11.4. The van der Waals surface area contributed by atoms with Gasteiger partial charge in [-0.15, -0.1) is 0 Å². The third kappa shape index (κ3) is 12.8. The van der Waals surface area contributed by atoms with Gasteiger partial charge in [0.05, 0.1) is 19.1 Å². The Morgan fingerprint density at radius 2 is 1.39 bits per heavy atom. The first-order valence-corrected chi connectivity index (χ1v) is 16.9. The quantitative estimate of drug-likeness (QED) is 0.0729. The fourth-order valence-corrected chi connectivity index (χ4v) is 4.78. The number of nitrogens with one attached hydrogen (secondary N) is 3. The third-order valence-electron chi connectivity index (χ3n) is 7.27. The monoisotopic (exact) mass is 653 g/mol. The summed E-state index contributed by atoms with van der Waals surface area (Å²) in [5, 5.41) is 6.54. The molecule has 248 valence electrons. The molecule has 0 heterocycles. The number of unbranched alkanes of at least 4 members (excludes halogenated alkanes) is 2. The van der Waals surface area contributed by atoms with Crippen LogP contribution in [0.2, 0.25) is 0 Å². The molecular formula is C34H44N3O8P. The zero-order chi connectivity index (χ0) is 33.4. The van der Waals surface area contributed by atoms with Crippen molar-refractivity contribution in [2.45, 2.75) is 63.9 Å². The van der Waals surface area contributed by atoms with Gasteiger partial charge < -0.3 is 29.9 Å². The second kappa shape index (κ2) is 18.2. The molecule has 0 aromatic heterocycles. The molecule has 0 aliphatic heterocycles. The standard InChI is InChI=1S/C34H44N3O8P/c1-34(2,46(41,42)43)37-30(24-26-16-18-29(19-17-26)28-14-8-4-9-15-28)32(39)35-22-20-31(38)44-23-11-5-10-21-36-33(40)45-25-27-12-6-3-7-13-27/h3-4,6-9,12-19,30,37H,5,10-11,20-25H2,1-2H3,(H,35,39)(H,36,40)(H2,41,42,43). The zero-order valence-corrected chi connectivity index (χ0v) is 27.2. The molecule has 0 saturated carbocycles. The van der Waals surface area contributed by atoms with Crippen LogP contribution in [0.4, 0.5) is 4.79 Å². The first kappa shape index (κ1) is 36.4. The number of hydrogen-bond acceptors (Lipinski definition) is 7. The van der Waals surface area contributed by atoms with Crippen molar-refractivity contribution in [3.8, 4) is 11.1 Å². The number of amides is 2. The molecule has 0 spiro atoms. The van der Waals surface area contributed by atoms with Gasteiger partial charge in [-0.25, -0.2) is 4.79 Å². The van der Waals surface area contributed by atoms with E-state index in [2.05, 4.69) is 16.0 Å². The second-order valence-corrected chi connectivity index (χ2v) is 13.6. The summed E-state index contributed by atoms with van der Waals surface area (Å²) in [4.78, 5) is 56.7. The molecule has 1 unspecified atom stereocenters. The van der Waals surface area contributed by atoms with Gasteiger partial charge in [0.2, 0.25) is 5.91 Å². The Balaban J connectivity index is 1.37. The van der Waals surface area contributed by atoms with E-state index in [0.717, 1.165) is 28.7 Å². The number of carbonyl (C=O) groups is 3. The van der Waals surface area contributed by atoms with Crippen molar-refractivity contribution in [2.24, 2.45) is 0 Å². The Morgan fingerprint density at radius 1 is 0.761 bits per heavy atom. The fourth-order valence-electron chi connectivity index (χ4n) is 4.46. The van der Waals surface area contributed by atoms with Crippen molar-refractivity contribution in [1.82, 2.24) is 16.0 Å². The SMILES string of the molecule is CC(C)(NC(Cc1ccc(-c2ccccc2)cc1)C(=O)NCCC(=O)OCCCCCNC(=O)OCc1ccccc1)P(=O)(O)O. The van der Waals surface area contributed by atoms with E-state index in [4.69, 9.17) is 9.47 Å². The molecular weight excluding hydrogens is 609 g/mol. The minimum absolute atomic E-state index is 0.00808. The predicted molar refractivity (Wildman–Crippen MR) is 176 cm³/mol. The number of benzene rings is 3. The normalized spacial score (nSPS) is 12.2. The number of esters is 1. The Bertz CT molecular complexity index is 1430. The number of carbonyl (C=O) groups excluding carboxylic acids is 3. The molecule has 3 aromatic carbocycles. The largest absolute Gasteiger partial charge is 0.466 e. The molecule has 3 aromatic rings. The molecule has 0 aliphatic carbocycles. The topological polar surface area (TPSA) is 163 Å². The van der Waals surface area contributed by atoms with Gasteiger partial charge in [-0.2, -0.15) is 0 Å². The lowest BCUT2D eigenvalue weighted by Gasteiger charge is -2.32. The highest BCUT2D eigenvalue weighted by atomic mass is 31.2. The predicted octanol–water partition coefficient (Wildman–Crippen LogP) is 4.91. The van der Waals surface area contributed by atoms with Gasteiger partial charge in [0.1, 0.15) is 11.9 Å². The Morgan fingerprint density at radius 3 is 2.04 bits per heavy atom. The maximum absolute atomic E-state index is 13.1. The van der Waals surface area contributed by atoms with E-state index in [1.165, 1.54) is 13.8 Å². The van der Waals surface area contributed by atoms with Crippen LogP contribution >= 0.6 is 7.60 Å². The van der Waals surface area contributed by atoms with Gasteiger partial charge in [-0.1, -0.05) is 84.9 Å². The van der Waals surface area contributed by atoms with Crippen LogP contribution in [-0.4, -0.2) is 58.8 Å². The van der Waals surface area contributed by atoms with Crippen molar-refractivity contribution < 1.29 is 38.2 Å². The third-order valence-corrected chi connectivity index (χ3v) is 8.85. The highest BCUT2D eigenvalue weighted by molar-refractivity contribution is 7.53. The van der Waals surface area contributed by atoms with Crippen molar-refractivity contribution in [3.05, 3.63) is 96.1 Å². The Labute approximate surface area is 270 Å². The number of rotatable bonds is 18. The van der Waals surface area contributed by atoms with Gasteiger partial charge in [0, 0.05) is 13.1 Å². The fraction of sp³-hybridized carbons (Fsp3) is 0.382. The minimum atomic E-state index is -4.59. The molecule has 3 rings (SSSR count). The van der Waals surface area contributed by atoms with Crippen LogP contribution in [0.15, 0.2) is 84.9 Å². The van der Waals surface area contributed by atoms with Crippen LogP contribution in [0, 0.1) is 0 Å². The molecule has 0 aliphatic rings. The van der Waals surface area contributed by atoms with Crippen LogP contribution in [-0.2, 0) is 36.7 Å². The van der Waals surface area contributed by atoms with Crippen molar-refractivity contribution in [2.75, 3.05) is 19.7 Å². The molecule has 0 fully saturated rings. The zero-order valence-electron chi connectivity index (χ0n) is 26.3. The van der Waals surface area contributed by atoms with Crippen molar-refractivity contribution in [1.29, 1.82) is 0 Å². The van der Waals surface area contributed by atoms with Crippen LogP contribution in [0.1, 0.15) is 50.7 Å². The van der Waals surface area contributed by atoms with E-state index in [1.807, 2.05) is 84.9 Å². The Kier molecular flexibility index (Phi) is 14.4. The molecule has 12 heteroatoms. The number of alkyl carbamates (subject to hydrolysis) is 1. The van der Waals surface area contributed by atoms with E-state index >= 15 is 0 Å². The lowest BCUT2D eigenvalue weighted by molar-refractivity contribution is -0.143. The summed E-state index contributed by atoms with van der Waals surface area (Å²) in [5.74, 6) is -0.962. The molecule has 5 N–H and O–H groups in total. The first-order valence-electron chi connectivity index (χ1n) is 15.3. The van der Waals surface area contributed by atoms with Gasteiger partial charge >= 0.3 is 19.7 Å². The lowest BCUT2D eigenvalue weighted by atomic mass is 10.00. The molecule has 46 heavy (non-hydrogen) atoms. The summed E-state index contributed by atoms with van der Waals surface area (Å²) in [7, 11) is -4.59. The molecule has 0 saturated heterocycles. The summed E-state index contributed by atoms with van der Waals surface area (Å²) in [6, 6.07) is 25.9. The summed E-state index contributed by atoms with van der Waals surface area (Å²) in [6.45, 7) is 3.56. The summed E-state index contributed by atoms with van der Waals surface area (Å²) in [6.07, 6.45) is 1.68. The highest BCUT2D eigenvalue weighted by Crippen LogP contribution is 2.48. The van der Waals surface area contributed by atoms with Crippen molar-refractivity contribution in [3.63, 3.8) is 0 Å². The average molecular weight is 654 g/mol. The summed E-state index contributed by atoms with van der Waals surface area (Å²) < 4.78 is 22.5. The van der Waals surface area contributed by atoms with Gasteiger partial charge in [-0.05, 0) is 61.8 Å². The number of ether oxygens (including phenoxy) is 2. The molecule has 2 amide bonds. The minimum Gasteiger partial charge on any atom is -0.466 e. The van der Waals surface area contributed by atoms with Gasteiger partial charge in [-0.3, -0.25) is 19.5 Å². The van der Waals surface area contributed by atoms with E-state index < -0.39 is 36.9 Å². The van der Waals surface area contributed by atoms with Gasteiger partial charge in [0.15, 0.2) is 0 Å². The Hall–Kier alpha value is -4.02. The van der Waals surface area contributed by atoms with Crippen molar-refractivity contribution >= 4 is 25.6 Å². The first-order chi connectivity index (χ1) is 21.9. The molecule has 0 bridgehead atoms. The number of hydrogen-bond donors (Lipinski definition) is 5. The van der Waals surface area contributed by atoms with Crippen LogP contribution in [0.5, 0.6) is 0 Å². The smallest absolute Gasteiger partial charge is 0.407 e. The van der Waals surface area contributed by atoms with E-state index in [0.29, 0.717) is 19.4 Å². The molecule has 1 atom stereocenters. The van der Waals surface area contributed by atoms with Crippen LogP contribution < -0.4 is 16.0 Å². The van der Waals surface area contributed by atoms with E-state index in [-0.39, 0.29) is 32.6 Å². The summed E-state index contributed by atoms with van der Waals surface area (Å²) in [5.41, 5.74) is 3.75. The molecule has 11 nitrogen and oxygen atoms in total. The summed E-state index contributed by atoms with van der Waals surface area (Å²) >= 11 is 0. The van der Waals surface area contributed by atoms with Gasteiger partial charge in [0.25, 0.3) is 0 Å². The van der Waals surface area contributed by atoms with E-state index in [1.54, 1.807) is 0 Å². The van der Waals surface area contributed by atoms with Crippen LogP contribution in [0.25, 0.3) is 11.1 Å². The average Bonchev–Trinajstić information content (AvgIpc) is 3.03. The van der Waals surface area contributed by atoms with E-state index in [9.17, 15) is 28.7 Å². The lowest BCUT2D eigenvalue weighted by Crippen LogP contribution is -2.53. The highest BCUT2D eigenvalue weighted by Gasteiger charge is 2.40.